The van der Waals surface area contributed by atoms with Gasteiger partial charge in [-0.15, -0.1) is 11.8 Å². The van der Waals surface area contributed by atoms with Crippen LogP contribution in [-0.4, -0.2) is 130 Å². The van der Waals surface area contributed by atoms with Crippen molar-refractivity contribution in [2.24, 2.45) is 11.7 Å². The largest absolute Gasteiger partial charge is 0.619 e. The van der Waals surface area contributed by atoms with Crippen LogP contribution in [0.5, 0.6) is 5.88 Å². The molecule has 12 aromatic rings. The number of pyridine rings is 3. The minimum Gasteiger partial charge on any atom is -0.619 e. The number of urea groups is 1. The van der Waals surface area contributed by atoms with Crippen LogP contribution < -0.4 is 41.8 Å². The first-order valence-electron chi connectivity index (χ1n) is 29.5. The number of amides is 2. The number of thioether (sulfide) groups is 1. The third-order valence-electron chi connectivity index (χ3n) is 14.6. The maximum Gasteiger partial charge on any atom is 0.314 e. The topological polar surface area (TPSA) is 309 Å². The number of hydrogen-bond donors (Lipinski definition) is 7. The van der Waals surface area contributed by atoms with Gasteiger partial charge in [-0.05, 0) is 131 Å². The molecular formula is C62H65Br4ClN22O4S. The fraction of sp³-hybridized carbons (Fsp3) is 0.258. The van der Waals surface area contributed by atoms with Crippen LogP contribution in [0.3, 0.4) is 0 Å². The number of hydrogen-bond acceptors (Lipinski definition) is 20. The number of benzene rings is 1. The number of aliphatic hydroxyl groups is 1. The maximum absolute atomic E-state index is 11.5. The molecule has 2 atom stereocenters. The first kappa shape index (κ1) is 68.4. The van der Waals surface area contributed by atoms with E-state index >= 15 is 0 Å². The van der Waals surface area contributed by atoms with Crippen molar-refractivity contribution in [3.63, 3.8) is 0 Å². The average molecular weight is 1570 g/mol. The summed E-state index contributed by atoms with van der Waals surface area (Å²) in [5, 5.41) is 56.6. The predicted octanol–water partition coefficient (Wildman–Crippen LogP) is 12.1. The molecule has 26 nitrogen and oxygen atoms in total. The number of nitrogens with one attached hydrogen (secondary N) is 5. The molecule has 488 valence electrons. The zero-order chi connectivity index (χ0) is 66.1. The fourth-order valence-corrected chi connectivity index (χ4v) is 12.0. The van der Waals surface area contributed by atoms with Crippen molar-refractivity contribution in [1.29, 1.82) is 0 Å². The normalized spacial score (nSPS) is 13.1. The second-order valence-electron chi connectivity index (χ2n) is 21.2. The SMILES string of the molecule is CCC[C@@H](CO)Nc1cc(NCc2ccc[n+]([O-])c2)n2ncc(Br)c2n1.COc1cc(NCc2cccnc2)n2ncc(Br)c2n1.CSc1cc(NCc2cccnc2)n2ncc(Br)c2n1.NC(=O)N1CCCC(CNc2cc(-c3ccccc3Cl)nc3c(Br)cnn23)C1. The first-order valence-corrected chi connectivity index (χ1v) is 34.3. The number of aromatic nitrogens is 15. The molecule has 0 radical (unpaired) electrons. The lowest BCUT2D eigenvalue weighted by molar-refractivity contribution is -0.605. The van der Waals surface area contributed by atoms with Crippen LogP contribution >= 0.6 is 87.1 Å². The number of likely N-dealkylation sites (tertiary alicyclic amines) is 1. The lowest BCUT2D eigenvalue weighted by Gasteiger charge is -2.31. The summed E-state index contributed by atoms with van der Waals surface area (Å²) in [5.74, 6) is 4.79. The van der Waals surface area contributed by atoms with Gasteiger partial charge in [-0.3, -0.25) is 9.97 Å². The minimum atomic E-state index is -0.354. The molecule has 8 N–H and O–H groups in total. The Balaban J connectivity index is 0.000000138. The van der Waals surface area contributed by atoms with Gasteiger partial charge in [0.15, 0.2) is 35.0 Å². The van der Waals surface area contributed by atoms with Gasteiger partial charge in [0.2, 0.25) is 5.88 Å². The van der Waals surface area contributed by atoms with E-state index < -0.39 is 0 Å². The molecule has 1 unspecified atom stereocenters. The number of primary amides is 1. The number of methoxy groups -OCH3 is 1. The Labute approximate surface area is 583 Å². The highest BCUT2D eigenvalue weighted by molar-refractivity contribution is 9.11. The molecule has 1 fully saturated rings. The third-order valence-corrected chi connectivity index (χ3v) is 17.7. The number of rotatable bonds is 20. The molecule has 12 heterocycles. The predicted molar refractivity (Wildman–Crippen MR) is 379 cm³/mol. The van der Waals surface area contributed by atoms with Crippen molar-refractivity contribution in [3.05, 3.63) is 192 Å². The number of halogens is 5. The van der Waals surface area contributed by atoms with Crippen LogP contribution in [0, 0.1) is 11.1 Å². The van der Waals surface area contributed by atoms with Gasteiger partial charge in [0.05, 0.1) is 68.1 Å². The molecule has 0 aliphatic carbocycles. The highest BCUT2D eigenvalue weighted by Crippen LogP contribution is 2.32. The van der Waals surface area contributed by atoms with Crippen LogP contribution in [-0.2, 0) is 19.6 Å². The molecule has 0 saturated carbocycles. The smallest absolute Gasteiger partial charge is 0.314 e. The van der Waals surface area contributed by atoms with Crippen LogP contribution in [0.25, 0.3) is 33.8 Å². The zero-order valence-corrected chi connectivity index (χ0v) is 58.9. The standard InChI is InChI=1S/C19H20BrClN6O.C17H21BrN6O2.C13H12BrN5O.C13H12BrN5S/c20-14-10-24-27-17(23-9-12-4-3-7-26(11-12)19(22)28)8-16(25-18(14)27)13-5-1-2-6-15(13)21;1-2-4-13(11-25)21-15-7-16(24-17(22-15)14(18)9-20-24)19-8-12-5-3-6-23(26)10-12;2*1-20-12-5-11(16-7-9-3-2-4-15-6-9)19-13(18-12)10(14)8-17-19/h1-2,5-6,8,10,12,23H,3-4,7,9,11H2,(H2,22,28);3,5-7,9-10,13,19,25H,2,4,8,11H2,1H3,(H,21,22);2*2-6,8,16H,7H2,1H3/t;13-;;/m.0../s1. The lowest BCUT2D eigenvalue weighted by atomic mass is 9.98. The number of piperidine rings is 1. The second-order valence-corrected chi connectivity index (χ2v) is 25.8. The van der Waals surface area contributed by atoms with Gasteiger partial charge in [0.1, 0.15) is 34.1 Å². The lowest BCUT2D eigenvalue weighted by Crippen LogP contribution is -2.44. The van der Waals surface area contributed by atoms with Gasteiger partial charge < -0.3 is 52.3 Å². The average Bonchev–Trinajstić information content (AvgIpc) is 1.60. The summed E-state index contributed by atoms with van der Waals surface area (Å²) in [7, 11) is 1.59. The van der Waals surface area contributed by atoms with Gasteiger partial charge >= 0.3 is 6.03 Å². The summed E-state index contributed by atoms with van der Waals surface area (Å²) >= 11 is 21.8. The molecule has 1 aromatic carbocycles. The molecule has 1 aliphatic heterocycles. The Morgan fingerprint density at radius 1 is 0.723 bits per heavy atom. The second kappa shape index (κ2) is 33.1. The van der Waals surface area contributed by atoms with Gasteiger partial charge in [-0.2, -0.15) is 48.2 Å². The van der Waals surface area contributed by atoms with E-state index in [1.807, 2.05) is 97.5 Å². The molecule has 1 saturated heterocycles. The van der Waals surface area contributed by atoms with Gasteiger partial charge in [0, 0.05) is 111 Å². The number of carbonyl (C=O) groups is 1. The zero-order valence-electron chi connectivity index (χ0n) is 51.0. The van der Waals surface area contributed by atoms with Crippen LogP contribution in [0.4, 0.5) is 33.9 Å². The molecule has 32 heteroatoms. The molecule has 11 aromatic heterocycles. The quantitative estimate of drug-likeness (QED) is 0.0161. The number of carbonyl (C=O) groups excluding carboxylic acids is 1. The molecule has 1 aliphatic rings. The van der Waals surface area contributed by atoms with Crippen molar-refractivity contribution in [2.45, 2.75) is 63.3 Å². The van der Waals surface area contributed by atoms with E-state index in [0.29, 0.717) is 72.3 Å². The van der Waals surface area contributed by atoms with E-state index in [0.717, 1.165) is 117 Å². The Morgan fingerprint density at radius 3 is 1.83 bits per heavy atom. The summed E-state index contributed by atoms with van der Waals surface area (Å²) in [4.78, 5) is 39.5. The van der Waals surface area contributed by atoms with Crippen molar-refractivity contribution in [2.75, 3.05) is 66.2 Å². The number of nitrogens with two attached hydrogens (primary N) is 1. The van der Waals surface area contributed by atoms with E-state index in [1.165, 1.54) is 12.4 Å². The Kier molecular flexibility index (Phi) is 24.1. The number of nitrogens with zero attached hydrogens (tertiary/aromatic N) is 16. The van der Waals surface area contributed by atoms with Gasteiger partial charge in [0.25, 0.3) is 0 Å². The van der Waals surface area contributed by atoms with Crippen molar-refractivity contribution in [3.8, 4) is 17.1 Å². The number of aliphatic hydroxyl groups excluding tert-OH is 1. The van der Waals surface area contributed by atoms with Crippen molar-refractivity contribution >= 4 is 145 Å². The Hall–Kier alpha value is -8.46. The van der Waals surface area contributed by atoms with E-state index in [9.17, 15) is 15.1 Å². The Bertz CT molecular complexity index is 4370. The monoisotopic (exact) mass is 1560 g/mol. The minimum absolute atomic E-state index is 0.0391. The van der Waals surface area contributed by atoms with E-state index in [1.54, 1.807) is 85.1 Å². The van der Waals surface area contributed by atoms with E-state index in [4.69, 9.17) is 27.1 Å². The third kappa shape index (κ3) is 17.7. The maximum atomic E-state index is 11.5. The molecule has 13 rings (SSSR count). The van der Waals surface area contributed by atoms with Gasteiger partial charge in [-0.1, -0.05) is 55.3 Å². The van der Waals surface area contributed by atoms with Gasteiger partial charge in [-0.25, -0.2) is 19.7 Å². The van der Waals surface area contributed by atoms with Crippen LogP contribution in [0.2, 0.25) is 5.02 Å². The van der Waals surface area contributed by atoms with Crippen LogP contribution in [0.15, 0.2) is 170 Å². The van der Waals surface area contributed by atoms with Crippen LogP contribution in [0.1, 0.15) is 49.3 Å². The van der Waals surface area contributed by atoms with E-state index in [2.05, 4.69) is 143 Å². The van der Waals surface area contributed by atoms with Crippen molar-refractivity contribution < 1.29 is 19.4 Å². The molecule has 0 spiro atoms. The summed E-state index contributed by atoms with van der Waals surface area (Å²) < 4.78 is 16.2. The number of anilines is 5. The molecule has 2 amide bonds. The molecule has 94 heavy (non-hydrogen) atoms. The molecular weight excluding hydrogens is 1500 g/mol. The summed E-state index contributed by atoms with van der Waals surface area (Å²) in [5.41, 5.74) is 13.0. The summed E-state index contributed by atoms with van der Waals surface area (Å²) in [6.07, 6.45) is 22.8. The number of ether oxygens (including phenoxy) is 1. The summed E-state index contributed by atoms with van der Waals surface area (Å²) in [6.45, 7) is 6.03. The highest BCUT2D eigenvalue weighted by Gasteiger charge is 2.23. The first-order chi connectivity index (χ1) is 45.7. The fourth-order valence-electron chi connectivity index (χ4n) is 9.93. The summed E-state index contributed by atoms with van der Waals surface area (Å²) in [6, 6.07) is 26.3. The number of fused-ring (bicyclic) bond motifs is 4. The highest BCUT2D eigenvalue weighted by atomic mass is 79.9. The molecule has 0 bridgehead atoms. The van der Waals surface area contributed by atoms with E-state index in [-0.39, 0.29) is 18.7 Å². The van der Waals surface area contributed by atoms with Crippen molar-refractivity contribution in [1.82, 2.24) is 73.3 Å². The Morgan fingerprint density at radius 2 is 1.28 bits per heavy atom.